The molecule has 4 heteroatoms. The normalized spacial score (nSPS) is 12.8. The van der Waals surface area contributed by atoms with Gasteiger partial charge in [-0.3, -0.25) is 0 Å². The fraction of sp³-hybridized carbons (Fsp3) is 0.0714. The van der Waals surface area contributed by atoms with Crippen molar-refractivity contribution in [3.05, 3.63) is 57.5 Å². The van der Waals surface area contributed by atoms with E-state index >= 15 is 0 Å². The van der Waals surface area contributed by atoms with Crippen molar-refractivity contribution in [2.45, 2.75) is 0 Å². The second-order valence-electron chi connectivity index (χ2n) is 3.96. The largest absolute Gasteiger partial charge is 0.320 e. The standard InChI is InChI=1S/C14H11ClNS2/c1-16(11-5-3-2-4-6-11)14-17-12-8-7-10(15)9-13(12)18-14/h2-9H,1H3/q+1. The first-order chi connectivity index (χ1) is 8.74. The van der Waals surface area contributed by atoms with E-state index in [9.17, 15) is 0 Å². The van der Waals surface area contributed by atoms with Crippen LogP contribution in [0.25, 0.3) is 9.40 Å². The van der Waals surface area contributed by atoms with E-state index in [1.165, 1.54) is 19.1 Å². The maximum absolute atomic E-state index is 6.02. The van der Waals surface area contributed by atoms with Crippen LogP contribution in [0.5, 0.6) is 0 Å². The lowest BCUT2D eigenvalue weighted by atomic mass is 10.3. The summed E-state index contributed by atoms with van der Waals surface area (Å²) in [5.41, 5.74) is 1.20. The molecule has 0 radical (unpaired) electrons. The van der Waals surface area contributed by atoms with Gasteiger partial charge in [-0.05, 0) is 18.2 Å². The topological polar surface area (TPSA) is 3.01 Å². The average Bonchev–Trinajstić information content (AvgIpc) is 2.81. The third kappa shape index (κ3) is 2.21. The Morgan fingerprint density at radius 2 is 1.67 bits per heavy atom. The number of benzene rings is 2. The summed E-state index contributed by atoms with van der Waals surface area (Å²) >= 11 is 9.59. The number of halogens is 1. The Bertz CT molecular complexity index is 756. The Kier molecular flexibility index (Phi) is 3.20. The highest BCUT2D eigenvalue weighted by atomic mass is 35.5. The van der Waals surface area contributed by atoms with Crippen molar-refractivity contribution in [2.24, 2.45) is 0 Å². The third-order valence-electron chi connectivity index (χ3n) is 2.72. The Hall–Kier alpha value is -1.16. The highest BCUT2D eigenvalue weighted by Gasteiger charge is 2.08. The molecule has 3 rings (SSSR count). The minimum Gasteiger partial charge on any atom is -0.177 e. The Morgan fingerprint density at radius 1 is 0.944 bits per heavy atom. The summed E-state index contributed by atoms with van der Waals surface area (Å²) in [5, 5.41) is 0.797. The summed E-state index contributed by atoms with van der Waals surface area (Å²) in [4.78, 5) is 0. The van der Waals surface area contributed by atoms with Crippen LogP contribution in [-0.4, -0.2) is 7.05 Å². The van der Waals surface area contributed by atoms with Gasteiger partial charge in [0, 0.05) is 17.2 Å². The second-order valence-corrected chi connectivity index (χ2v) is 6.71. The minimum absolute atomic E-state index is 0.797. The van der Waals surface area contributed by atoms with Crippen molar-refractivity contribution in [1.82, 2.24) is 4.58 Å². The Morgan fingerprint density at radius 3 is 2.44 bits per heavy atom. The number of hydrogen-bond acceptors (Lipinski definition) is 2. The van der Waals surface area contributed by atoms with E-state index in [1.807, 2.05) is 18.2 Å². The predicted octanol–water partition coefficient (Wildman–Crippen LogP) is 4.35. The molecule has 0 spiro atoms. The zero-order chi connectivity index (χ0) is 12.5. The van der Waals surface area contributed by atoms with Crippen LogP contribution in [0.2, 0.25) is 5.02 Å². The predicted molar refractivity (Wildman–Crippen MR) is 82.0 cm³/mol. The van der Waals surface area contributed by atoms with Crippen molar-refractivity contribution in [2.75, 3.05) is 7.05 Å². The summed E-state index contributed by atoms with van der Waals surface area (Å²) in [7, 11) is 2.10. The van der Waals surface area contributed by atoms with Gasteiger partial charge in [-0.2, -0.15) is 4.58 Å². The van der Waals surface area contributed by atoms with Gasteiger partial charge < -0.3 is 0 Å². The highest BCUT2D eigenvalue weighted by molar-refractivity contribution is 7.35. The monoisotopic (exact) mass is 292 g/mol. The van der Waals surface area contributed by atoms with Crippen molar-refractivity contribution >= 4 is 49.4 Å². The molecule has 1 nitrogen and oxygen atoms in total. The van der Waals surface area contributed by atoms with Gasteiger partial charge in [0.25, 0.3) is 0 Å². The summed E-state index contributed by atoms with van der Waals surface area (Å²) in [6.07, 6.45) is 0. The zero-order valence-corrected chi connectivity index (χ0v) is 12.1. The molecule has 0 amide bonds. The molecule has 0 aliphatic rings. The Labute approximate surface area is 118 Å². The van der Waals surface area contributed by atoms with Gasteiger partial charge in [0.1, 0.15) is 7.05 Å². The molecular weight excluding hydrogens is 282 g/mol. The number of nitrogens with zero attached hydrogens (tertiary/aromatic N) is 1. The van der Waals surface area contributed by atoms with Crippen LogP contribution in [0.1, 0.15) is 0 Å². The Balaban J connectivity index is 2.25. The van der Waals surface area contributed by atoms with Crippen LogP contribution in [0.4, 0.5) is 5.69 Å². The van der Waals surface area contributed by atoms with E-state index in [2.05, 4.69) is 42.0 Å². The van der Waals surface area contributed by atoms with E-state index in [4.69, 9.17) is 11.6 Å². The van der Waals surface area contributed by atoms with E-state index in [0.29, 0.717) is 0 Å². The lowest BCUT2D eigenvalue weighted by Gasteiger charge is -1.91. The third-order valence-corrected chi connectivity index (χ3v) is 5.61. The van der Waals surface area contributed by atoms with Gasteiger partial charge in [0.15, 0.2) is 0 Å². The first-order valence-electron chi connectivity index (χ1n) is 5.55. The van der Waals surface area contributed by atoms with E-state index in [1.54, 1.807) is 22.7 Å². The summed E-state index contributed by atoms with van der Waals surface area (Å²) in [6, 6.07) is 16.4. The molecule has 0 unspecified atom stereocenters. The molecule has 18 heavy (non-hydrogen) atoms. The number of para-hydroxylation sites is 1. The van der Waals surface area contributed by atoms with E-state index in [0.717, 1.165) is 5.02 Å². The zero-order valence-electron chi connectivity index (χ0n) is 9.76. The molecule has 90 valence electrons. The van der Waals surface area contributed by atoms with Crippen molar-refractivity contribution < 1.29 is 0 Å². The molecule has 0 atom stereocenters. The van der Waals surface area contributed by atoms with E-state index in [-0.39, 0.29) is 0 Å². The molecule has 1 heterocycles. The van der Waals surface area contributed by atoms with Crippen LogP contribution in [0.3, 0.4) is 0 Å². The molecule has 0 aliphatic carbocycles. The van der Waals surface area contributed by atoms with Gasteiger partial charge in [0.2, 0.25) is 5.69 Å². The molecule has 0 bridgehead atoms. The molecule has 2 aromatic carbocycles. The summed E-state index contributed by atoms with van der Waals surface area (Å²) in [5.74, 6) is 0. The second kappa shape index (κ2) is 4.84. The smallest absolute Gasteiger partial charge is 0.177 e. The van der Waals surface area contributed by atoms with Crippen molar-refractivity contribution in [3.8, 4) is 0 Å². The summed E-state index contributed by atoms with van der Waals surface area (Å²) < 4.78 is 5.99. The minimum atomic E-state index is 0.797. The molecular formula is C14H11ClNS2+. The van der Waals surface area contributed by atoms with Gasteiger partial charge >= 0.3 is 3.98 Å². The number of rotatable bonds is 1. The molecule has 1 aromatic heterocycles. The first-order valence-corrected chi connectivity index (χ1v) is 7.56. The number of fused-ring (bicyclic) bond motifs is 1. The number of hydrogen-bond donors (Lipinski definition) is 0. The molecule has 0 N–H and O–H groups in total. The van der Waals surface area contributed by atoms with Gasteiger partial charge in [-0.15, -0.1) is 0 Å². The van der Waals surface area contributed by atoms with Gasteiger partial charge in [0.05, 0.1) is 9.40 Å². The van der Waals surface area contributed by atoms with Crippen molar-refractivity contribution in [3.63, 3.8) is 0 Å². The quantitative estimate of drug-likeness (QED) is 0.587. The SMILES string of the molecule is C[N+](c1ccccc1)=c1sc2ccc(Cl)cc2s1. The van der Waals surface area contributed by atoms with Gasteiger partial charge in [-0.1, -0.05) is 52.5 Å². The van der Waals surface area contributed by atoms with E-state index < -0.39 is 0 Å². The fourth-order valence-electron chi connectivity index (χ4n) is 1.75. The maximum atomic E-state index is 6.02. The summed E-state index contributed by atoms with van der Waals surface area (Å²) in [6.45, 7) is 0. The lowest BCUT2D eigenvalue weighted by molar-refractivity contribution is 0.931. The van der Waals surface area contributed by atoms with Crippen LogP contribution in [0.15, 0.2) is 48.5 Å². The molecule has 0 saturated heterocycles. The highest BCUT2D eigenvalue weighted by Crippen LogP contribution is 2.24. The first kappa shape index (κ1) is 11.9. The van der Waals surface area contributed by atoms with Crippen LogP contribution >= 0.6 is 34.3 Å². The van der Waals surface area contributed by atoms with Crippen LogP contribution < -0.4 is 8.56 Å². The fourth-order valence-corrected chi connectivity index (χ4v) is 4.45. The molecule has 0 aliphatic heterocycles. The molecule has 0 saturated carbocycles. The van der Waals surface area contributed by atoms with Crippen molar-refractivity contribution in [1.29, 1.82) is 0 Å². The molecule has 3 aromatic rings. The average molecular weight is 293 g/mol. The lowest BCUT2D eigenvalue weighted by Crippen LogP contribution is -2.14. The van der Waals surface area contributed by atoms with Crippen LogP contribution in [0, 0.1) is 0 Å². The molecule has 0 fully saturated rings. The van der Waals surface area contributed by atoms with Gasteiger partial charge in [-0.25, -0.2) is 0 Å². The van der Waals surface area contributed by atoms with Crippen LogP contribution in [-0.2, 0) is 0 Å². The maximum Gasteiger partial charge on any atom is 0.320 e.